The number of fused-ring (bicyclic) bond motifs is 1. The molecule has 1 saturated heterocycles. The van der Waals surface area contributed by atoms with Crippen LogP contribution in [0.2, 0.25) is 0 Å². The number of benzene rings is 1. The number of rotatable bonds is 6. The number of alkyl halides is 2. The molecule has 202 valence electrons. The second-order valence-electron chi connectivity index (χ2n) is 10.4. The van der Waals surface area contributed by atoms with Crippen molar-refractivity contribution in [2.45, 2.75) is 19.3 Å². The van der Waals surface area contributed by atoms with Crippen LogP contribution >= 0.6 is 11.0 Å². The van der Waals surface area contributed by atoms with Gasteiger partial charge in [0, 0.05) is 57.7 Å². The Morgan fingerprint density at radius 3 is 2.43 bits per heavy atom. The molecule has 1 aliphatic carbocycles. The van der Waals surface area contributed by atoms with Crippen molar-refractivity contribution in [2.24, 2.45) is 5.92 Å². The van der Waals surface area contributed by atoms with Gasteiger partial charge in [0.2, 0.25) is 5.91 Å². The van der Waals surface area contributed by atoms with E-state index in [2.05, 4.69) is 4.90 Å². The van der Waals surface area contributed by atoms with Gasteiger partial charge >= 0.3 is 0 Å². The van der Waals surface area contributed by atoms with Crippen LogP contribution in [-0.2, 0) is 4.79 Å². The molecular formula is C25H34F2N6O3S. The molecule has 5 rings (SSSR count). The number of anilines is 3. The molecule has 1 amide bonds. The van der Waals surface area contributed by atoms with E-state index in [1.807, 2.05) is 55.1 Å². The normalized spacial score (nSPS) is 22.9. The maximum Gasteiger partial charge on any atom is 0.253 e. The number of aryl methyl sites for hydroxylation is 1. The van der Waals surface area contributed by atoms with Crippen molar-refractivity contribution in [3.8, 4) is 11.3 Å². The Bertz CT molecular complexity index is 1200. The van der Waals surface area contributed by atoms with E-state index < -0.39 is 22.8 Å². The number of pyridine rings is 1. The molecule has 12 heteroatoms. The minimum Gasteiger partial charge on any atom is -0.353 e. The first-order valence-corrected chi connectivity index (χ1v) is 13.8. The van der Waals surface area contributed by atoms with Gasteiger partial charge in [-0.1, -0.05) is 12.1 Å². The first kappa shape index (κ1) is 26.0. The third-order valence-electron chi connectivity index (χ3n) is 7.35. The number of amides is 1. The van der Waals surface area contributed by atoms with Crippen molar-refractivity contribution in [3.05, 3.63) is 35.9 Å². The van der Waals surface area contributed by atoms with E-state index in [1.54, 1.807) is 13.1 Å². The highest BCUT2D eigenvalue weighted by Gasteiger charge is 2.59. The fraction of sp³-hybridized carbons (Fsp3) is 0.520. The molecule has 0 spiro atoms. The molecule has 37 heavy (non-hydrogen) atoms. The highest BCUT2D eigenvalue weighted by atomic mass is 32.3. The number of carbonyl (C=O) groups is 1. The van der Waals surface area contributed by atoms with Crippen LogP contribution in [0, 0.1) is 12.8 Å². The minimum atomic E-state index is -3.42. The van der Waals surface area contributed by atoms with Crippen LogP contribution < -0.4 is 13.5 Å². The summed E-state index contributed by atoms with van der Waals surface area (Å²) < 4.78 is 51.5. The van der Waals surface area contributed by atoms with E-state index in [-0.39, 0.29) is 18.9 Å². The lowest BCUT2D eigenvalue weighted by Gasteiger charge is -2.42. The molecule has 0 radical (unpaired) electrons. The zero-order chi connectivity index (χ0) is 26.7. The van der Waals surface area contributed by atoms with Crippen molar-refractivity contribution in [3.63, 3.8) is 0 Å². The van der Waals surface area contributed by atoms with Crippen LogP contribution in [0.5, 0.6) is 0 Å². The fourth-order valence-electron chi connectivity index (χ4n) is 4.95. The van der Waals surface area contributed by atoms with Crippen LogP contribution in [0.4, 0.5) is 26.0 Å². The molecule has 1 aromatic heterocycles. The van der Waals surface area contributed by atoms with Gasteiger partial charge in [-0.2, -0.15) is 0 Å². The Balaban J connectivity index is 1.36. The van der Waals surface area contributed by atoms with Crippen LogP contribution in [0.25, 0.3) is 11.3 Å². The van der Waals surface area contributed by atoms with Crippen molar-refractivity contribution in [1.82, 2.24) is 14.8 Å². The molecule has 2 fully saturated rings. The molecule has 0 bridgehead atoms. The van der Waals surface area contributed by atoms with Gasteiger partial charge in [0.25, 0.3) is 5.92 Å². The number of carbonyl (C=O) groups excluding carboxylic acids is 1. The summed E-state index contributed by atoms with van der Waals surface area (Å²) >= 11 is 0. The Morgan fingerprint density at radius 2 is 1.81 bits per heavy atom. The molecule has 1 atom stereocenters. The van der Waals surface area contributed by atoms with E-state index in [1.165, 1.54) is 8.61 Å². The number of hydrogen-bond donors (Lipinski definition) is 2. The van der Waals surface area contributed by atoms with E-state index in [0.717, 1.165) is 22.6 Å². The number of likely N-dealkylation sites (N-methyl/N-ethyl adjacent to an activating group) is 1. The van der Waals surface area contributed by atoms with Crippen LogP contribution in [0.15, 0.2) is 30.3 Å². The number of aromatic nitrogens is 1. The van der Waals surface area contributed by atoms with E-state index in [4.69, 9.17) is 4.98 Å². The molecule has 2 aromatic rings. The maximum atomic E-state index is 13.6. The lowest BCUT2D eigenvalue weighted by atomic mass is 10.0. The maximum absolute atomic E-state index is 13.6. The van der Waals surface area contributed by atoms with Crippen molar-refractivity contribution in [2.75, 3.05) is 73.9 Å². The standard InChI is InChI=1S/C25H34F2N6O3S/c1-17-5-8-22(31-9-11-32(12-10-31)23(34)16-29(2)3)28-24(17)18-6-7-20-21(13-18)30(4)37(35,36)33(20)15-19-14-25(19,26)27/h5-8,13,19,35-36H,9-12,14-16H2,1-4H3. The van der Waals surface area contributed by atoms with Gasteiger partial charge in [0.05, 0.1) is 23.6 Å². The summed E-state index contributed by atoms with van der Waals surface area (Å²) in [6.45, 7) is 4.89. The van der Waals surface area contributed by atoms with Crippen molar-refractivity contribution >= 4 is 34.1 Å². The topological polar surface area (TPSA) is 86.6 Å². The number of piperazine rings is 1. The fourth-order valence-corrected chi connectivity index (χ4v) is 6.46. The van der Waals surface area contributed by atoms with E-state index in [9.17, 15) is 22.7 Å². The second-order valence-corrected chi connectivity index (χ2v) is 12.3. The number of hydrogen-bond acceptors (Lipinski definition) is 8. The Hall–Kier alpha value is -2.67. The summed E-state index contributed by atoms with van der Waals surface area (Å²) in [6, 6.07) is 9.43. The molecule has 1 aromatic carbocycles. The van der Waals surface area contributed by atoms with Crippen LogP contribution in [0.3, 0.4) is 0 Å². The largest absolute Gasteiger partial charge is 0.353 e. The first-order valence-electron chi connectivity index (χ1n) is 12.4. The van der Waals surface area contributed by atoms with Crippen molar-refractivity contribution in [1.29, 1.82) is 0 Å². The van der Waals surface area contributed by atoms with Crippen LogP contribution in [-0.4, -0.2) is 96.1 Å². The third kappa shape index (κ3) is 4.83. The Kier molecular flexibility index (Phi) is 6.50. The summed E-state index contributed by atoms with van der Waals surface area (Å²) in [5.41, 5.74) is 3.63. The van der Waals surface area contributed by atoms with Gasteiger partial charge in [-0.25, -0.2) is 13.8 Å². The summed E-state index contributed by atoms with van der Waals surface area (Å²) in [5, 5.41) is 0. The molecule has 2 N–H and O–H groups in total. The van der Waals surface area contributed by atoms with Gasteiger partial charge < -0.3 is 14.7 Å². The van der Waals surface area contributed by atoms with Crippen molar-refractivity contribution < 1.29 is 22.7 Å². The summed E-state index contributed by atoms with van der Waals surface area (Å²) in [6.07, 6.45) is -0.232. The monoisotopic (exact) mass is 536 g/mol. The number of halogens is 2. The third-order valence-corrected chi connectivity index (χ3v) is 9.22. The van der Waals surface area contributed by atoms with E-state index in [0.29, 0.717) is 44.1 Å². The summed E-state index contributed by atoms with van der Waals surface area (Å²) in [5.74, 6) is -2.69. The molecule has 9 nitrogen and oxygen atoms in total. The molecule has 1 saturated carbocycles. The van der Waals surface area contributed by atoms with E-state index >= 15 is 0 Å². The smallest absolute Gasteiger partial charge is 0.253 e. The molecule has 1 unspecified atom stereocenters. The zero-order valence-corrected chi connectivity index (χ0v) is 22.4. The first-order chi connectivity index (χ1) is 17.4. The van der Waals surface area contributed by atoms with Gasteiger partial charge in [0.1, 0.15) is 5.82 Å². The Labute approximate surface area is 217 Å². The average Bonchev–Trinajstić information content (AvgIpc) is 3.41. The van der Waals surface area contributed by atoms with Gasteiger partial charge in [0.15, 0.2) is 0 Å². The average molecular weight is 537 g/mol. The minimum absolute atomic E-state index is 0.109. The predicted octanol–water partition coefficient (Wildman–Crippen LogP) is 3.76. The van der Waals surface area contributed by atoms with Crippen LogP contribution in [0.1, 0.15) is 12.0 Å². The lowest BCUT2D eigenvalue weighted by molar-refractivity contribution is -0.132. The van der Waals surface area contributed by atoms with Gasteiger partial charge in [-0.15, -0.1) is 0 Å². The SMILES string of the molecule is Cc1ccc(N2CCN(C(=O)CN(C)C)CC2)nc1-c1ccc2c(c1)N(C)S(O)(O)N2CC1CC1(F)F. The predicted molar refractivity (Wildman–Crippen MR) is 143 cm³/mol. The second kappa shape index (κ2) is 9.26. The highest BCUT2D eigenvalue weighted by Crippen LogP contribution is 2.63. The zero-order valence-electron chi connectivity index (χ0n) is 21.6. The van der Waals surface area contributed by atoms with Gasteiger partial charge in [-0.05, 0) is 55.7 Å². The van der Waals surface area contributed by atoms with Gasteiger partial charge in [-0.3, -0.25) is 22.5 Å². The number of nitrogens with zero attached hydrogens (tertiary/aromatic N) is 6. The highest BCUT2D eigenvalue weighted by molar-refractivity contribution is 8.26. The molecule has 2 aliphatic heterocycles. The quantitative estimate of drug-likeness (QED) is 0.577. The summed E-state index contributed by atoms with van der Waals surface area (Å²) in [4.78, 5) is 23.2. The lowest BCUT2D eigenvalue weighted by Crippen LogP contribution is -2.51. The molecule has 3 aliphatic rings. The Morgan fingerprint density at radius 1 is 1.14 bits per heavy atom. The molecular weight excluding hydrogens is 502 g/mol. The molecule has 3 heterocycles. The summed E-state index contributed by atoms with van der Waals surface area (Å²) in [7, 11) is 1.92.